The topological polar surface area (TPSA) is 35.5 Å². The van der Waals surface area contributed by atoms with Crippen LogP contribution in [0.5, 0.6) is 0 Å². The third-order valence-corrected chi connectivity index (χ3v) is 6.15. The van der Waals surface area contributed by atoms with Gasteiger partial charge in [0.1, 0.15) is 0 Å². The smallest absolute Gasteiger partial charge is 0.434 e. The van der Waals surface area contributed by atoms with Gasteiger partial charge in [-0.2, -0.15) is 0 Å². The summed E-state index contributed by atoms with van der Waals surface area (Å²) in [5.41, 5.74) is 2.84. The van der Waals surface area contributed by atoms with E-state index in [1.807, 2.05) is 0 Å². The van der Waals surface area contributed by atoms with Crippen molar-refractivity contribution in [3.8, 4) is 0 Å². The molecule has 2 unspecified atom stereocenters. The summed E-state index contributed by atoms with van der Waals surface area (Å²) in [7, 11) is 0. The Kier molecular flexibility index (Phi) is 13.3. The molecule has 32 heavy (non-hydrogen) atoms. The molecule has 0 spiro atoms. The lowest BCUT2D eigenvalue weighted by Crippen LogP contribution is -2.10. The van der Waals surface area contributed by atoms with Crippen molar-refractivity contribution >= 4 is 6.16 Å². The van der Waals surface area contributed by atoms with Crippen LogP contribution in [0.3, 0.4) is 0 Å². The Morgan fingerprint density at radius 3 is 1.41 bits per heavy atom. The van der Waals surface area contributed by atoms with Gasteiger partial charge in [-0.15, -0.1) is 0 Å². The first-order valence-corrected chi connectivity index (χ1v) is 12.6. The van der Waals surface area contributed by atoms with Gasteiger partial charge in [0.15, 0.2) is 0 Å². The minimum absolute atomic E-state index is 0.444. The molecule has 0 bridgehead atoms. The van der Waals surface area contributed by atoms with Gasteiger partial charge in [0.05, 0.1) is 13.2 Å². The molecule has 0 aliphatic heterocycles. The number of rotatable bonds is 16. The molecule has 0 fully saturated rings. The fraction of sp³-hybridized carbons (Fsp3) is 0.552. The van der Waals surface area contributed by atoms with E-state index in [1.165, 1.54) is 36.8 Å². The highest BCUT2D eigenvalue weighted by atomic mass is 16.7. The molecule has 0 amide bonds. The van der Waals surface area contributed by atoms with Crippen LogP contribution in [0, 0.1) is 0 Å². The van der Waals surface area contributed by atoms with E-state index < -0.39 is 6.16 Å². The Morgan fingerprint density at radius 2 is 1.03 bits per heavy atom. The quantitative estimate of drug-likeness (QED) is 0.194. The summed E-state index contributed by atoms with van der Waals surface area (Å²) in [6.07, 6.45) is 10.4. The van der Waals surface area contributed by atoms with Crippen molar-refractivity contribution in [2.75, 3.05) is 13.2 Å². The second-order valence-corrected chi connectivity index (χ2v) is 8.73. The average molecular weight is 439 g/mol. The van der Waals surface area contributed by atoms with Crippen LogP contribution in [0.15, 0.2) is 60.7 Å². The summed E-state index contributed by atoms with van der Waals surface area (Å²) < 4.78 is 10.5. The van der Waals surface area contributed by atoms with E-state index in [0.717, 1.165) is 38.5 Å². The molecule has 0 saturated carbocycles. The monoisotopic (exact) mass is 438 g/mol. The zero-order valence-corrected chi connectivity index (χ0v) is 20.1. The molecule has 0 saturated heterocycles. The first kappa shape index (κ1) is 26.0. The SMILES string of the molecule is CCCC(CCCCOC(=O)OCCCCC(CCC)c1ccccc1)c1ccccc1. The van der Waals surface area contributed by atoms with Crippen LogP contribution in [-0.2, 0) is 9.47 Å². The van der Waals surface area contributed by atoms with Crippen LogP contribution in [0.2, 0.25) is 0 Å². The maximum absolute atomic E-state index is 11.8. The number of benzene rings is 2. The fourth-order valence-corrected chi connectivity index (χ4v) is 4.44. The third-order valence-electron chi connectivity index (χ3n) is 6.15. The number of unbranched alkanes of at least 4 members (excludes halogenated alkanes) is 2. The van der Waals surface area contributed by atoms with E-state index in [2.05, 4.69) is 74.5 Å². The molecule has 2 aromatic rings. The minimum atomic E-state index is -0.522. The highest BCUT2D eigenvalue weighted by Gasteiger charge is 2.12. The molecule has 0 heterocycles. The summed E-state index contributed by atoms with van der Waals surface area (Å²) in [5, 5.41) is 0. The molecule has 0 N–H and O–H groups in total. The standard InChI is InChI=1S/C29H42O3/c1-3-15-25(27-17-7-5-8-18-27)21-11-13-23-31-29(30)32-24-14-12-22-26(16-4-2)28-19-9-6-10-20-28/h5-10,17-20,25-26H,3-4,11-16,21-24H2,1-2H3. The minimum Gasteiger partial charge on any atom is -0.434 e. The summed E-state index contributed by atoms with van der Waals surface area (Å²) in [6, 6.07) is 21.5. The van der Waals surface area contributed by atoms with Gasteiger partial charge >= 0.3 is 6.16 Å². The molecule has 176 valence electrons. The molecule has 2 rings (SSSR count). The first-order valence-electron chi connectivity index (χ1n) is 12.6. The van der Waals surface area contributed by atoms with E-state index in [-0.39, 0.29) is 0 Å². The van der Waals surface area contributed by atoms with Gasteiger partial charge < -0.3 is 9.47 Å². The van der Waals surface area contributed by atoms with Gasteiger partial charge in [-0.25, -0.2) is 4.79 Å². The van der Waals surface area contributed by atoms with Gasteiger partial charge in [-0.3, -0.25) is 0 Å². The Bertz CT molecular complexity index is 652. The van der Waals surface area contributed by atoms with Gasteiger partial charge in [0.2, 0.25) is 0 Å². The van der Waals surface area contributed by atoms with E-state index in [9.17, 15) is 4.79 Å². The van der Waals surface area contributed by atoms with Crippen LogP contribution in [0.1, 0.15) is 101 Å². The van der Waals surface area contributed by atoms with E-state index in [4.69, 9.17) is 9.47 Å². The molecule has 0 aromatic heterocycles. The lowest BCUT2D eigenvalue weighted by molar-refractivity contribution is 0.0527. The molecule has 2 atom stereocenters. The van der Waals surface area contributed by atoms with Gasteiger partial charge in [-0.05, 0) is 74.3 Å². The van der Waals surface area contributed by atoms with E-state index >= 15 is 0 Å². The Labute approximate surface area is 195 Å². The van der Waals surface area contributed by atoms with Crippen LogP contribution in [0.4, 0.5) is 4.79 Å². The van der Waals surface area contributed by atoms with Gasteiger partial charge in [0.25, 0.3) is 0 Å². The van der Waals surface area contributed by atoms with Crippen LogP contribution >= 0.6 is 0 Å². The molecule has 3 heteroatoms. The summed E-state index contributed by atoms with van der Waals surface area (Å²) in [5.74, 6) is 1.20. The number of carbonyl (C=O) groups is 1. The summed E-state index contributed by atoms with van der Waals surface area (Å²) in [4.78, 5) is 11.8. The first-order chi connectivity index (χ1) is 15.7. The zero-order valence-electron chi connectivity index (χ0n) is 20.1. The maximum atomic E-state index is 11.8. The fourth-order valence-electron chi connectivity index (χ4n) is 4.44. The summed E-state index contributed by atoms with van der Waals surface area (Å²) in [6.45, 7) is 5.36. The molecular weight excluding hydrogens is 396 g/mol. The van der Waals surface area contributed by atoms with Crippen LogP contribution in [-0.4, -0.2) is 19.4 Å². The Balaban J connectivity index is 1.54. The molecular formula is C29H42O3. The predicted molar refractivity (Wildman–Crippen MR) is 133 cm³/mol. The number of hydrogen-bond acceptors (Lipinski definition) is 3. The van der Waals surface area contributed by atoms with Crippen molar-refractivity contribution < 1.29 is 14.3 Å². The molecule has 3 nitrogen and oxygen atoms in total. The Morgan fingerprint density at radius 1 is 0.625 bits per heavy atom. The maximum Gasteiger partial charge on any atom is 0.508 e. The van der Waals surface area contributed by atoms with Gasteiger partial charge in [-0.1, -0.05) is 87.4 Å². The highest BCUT2D eigenvalue weighted by molar-refractivity contribution is 5.59. The largest absolute Gasteiger partial charge is 0.508 e. The second-order valence-electron chi connectivity index (χ2n) is 8.73. The molecule has 2 aromatic carbocycles. The number of hydrogen-bond donors (Lipinski definition) is 0. The van der Waals surface area contributed by atoms with Crippen molar-refractivity contribution in [3.63, 3.8) is 0 Å². The predicted octanol–water partition coefficient (Wildman–Crippen LogP) is 8.65. The highest BCUT2D eigenvalue weighted by Crippen LogP contribution is 2.27. The number of carbonyl (C=O) groups excluding carboxylic acids is 1. The number of ether oxygens (including phenoxy) is 2. The van der Waals surface area contributed by atoms with Crippen molar-refractivity contribution in [3.05, 3.63) is 71.8 Å². The molecule has 0 aliphatic rings. The van der Waals surface area contributed by atoms with Gasteiger partial charge in [0, 0.05) is 0 Å². The van der Waals surface area contributed by atoms with Crippen molar-refractivity contribution in [1.29, 1.82) is 0 Å². The lowest BCUT2D eigenvalue weighted by atomic mass is 9.90. The van der Waals surface area contributed by atoms with Crippen LogP contribution in [0.25, 0.3) is 0 Å². The van der Waals surface area contributed by atoms with E-state index in [1.54, 1.807) is 0 Å². The summed E-state index contributed by atoms with van der Waals surface area (Å²) >= 11 is 0. The lowest BCUT2D eigenvalue weighted by Gasteiger charge is -2.17. The van der Waals surface area contributed by atoms with Crippen molar-refractivity contribution in [1.82, 2.24) is 0 Å². The molecule has 0 aliphatic carbocycles. The Hall–Kier alpha value is -2.29. The normalized spacial score (nSPS) is 12.8. The van der Waals surface area contributed by atoms with Crippen LogP contribution < -0.4 is 0 Å². The zero-order chi connectivity index (χ0) is 22.9. The third kappa shape index (κ3) is 10.3. The average Bonchev–Trinajstić information content (AvgIpc) is 2.83. The molecule has 0 radical (unpaired) electrons. The van der Waals surface area contributed by atoms with E-state index in [0.29, 0.717) is 25.0 Å². The van der Waals surface area contributed by atoms with Crippen molar-refractivity contribution in [2.45, 2.75) is 89.9 Å². The second kappa shape index (κ2) is 16.4. The van der Waals surface area contributed by atoms with Crippen molar-refractivity contribution in [2.24, 2.45) is 0 Å².